The molecule has 10 rings (SSSR count). The van der Waals surface area contributed by atoms with Gasteiger partial charge in [-0.2, -0.15) is 0 Å². The topological polar surface area (TPSA) is 26.3 Å². The van der Waals surface area contributed by atoms with Crippen molar-refractivity contribution in [3.63, 3.8) is 0 Å². The highest BCUT2D eigenvalue weighted by atomic mass is 16.3. The first-order chi connectivity index (χ1) is 21.8. The second kappa shape index (κ2) is 8.82. The van der Waals surface area contributed by atoms with E-state index in [4.69, 9.17) is 8.83 Å². The van der Waals surface area contributed by atoms with Crippen molar-refractivity contribution in [1.82, 2.24) is 0 Å². The zero-order valence-electron chi connectivity index (χ0n) is 23.7. The first-order valence-electron chi connectivity index (χ1n) is 15.0. The maximum atomic E-state index is 6.56. The maximum Gasteiger partial charge on any atom is 0.147 e. The molecule has 0 amide bonds. The van der Waals surface area contributed by atoms with Gasteiger partial charge in [-0.1, -0.05) is 115 Å². The van der Waals surface area contributed by atoms with Crippen LogP contribution in [0.15, 0.2) is 154 Å². The highest BCUT2D eigenvalue weighted by molar-refractivity contribution is 6.25. The van der Waals surface area contributed by atoms with Crippen LogP contribution in [0.5, 0.6) is 0 Å². The van der Waals surface area contributed by atoms with Gasteiger partial charge in [0.2, 0.25) is 0 Å². The largest absolute Gasteiger partial charge is 0.456 e. The van der Waals surface area contributed by atoms with Crippen LogP contribution in [-0.2, 0) is 0 Å². The van der Waals surface area contributed by atoms with Gasteiger partial charge < -0.3 is 8.83 Å². The Morgan fingerprint density at radius 2 is 0.932 bits per heavy atom. The van der Waals surface area contributed by atoms with E-state index in [0.717, 1.165) is 43.9 Å². The molecule has 0 spiro atoms. The average Bonchev–Trinajstić information content (AvgIpc) is 3.65. The van der Waals surface area contributed by atoms with E-state index in [9.17, 15) is 0 Å². The van der Waals surface area contributed by atoms with Crippen molar-refractivity contribution in [3.05, 3.63) is 146 Å². The minimum atomic E-state index is 0.846. The summed E-state index contributed by atoms with van der Waals surface area (Å²) in [5, 5.41) is 11.8. The molecule has 0 radical (unpaired) electrons. The standard InChI is InChI=1S/C42H24O2/c1-2-12-27-25(10-1)11-9-18-28(27)40-31-15-5-3-13-29(31)39(30-14-4-6-16-32(30)40)26-20-22-37-35(24-26)33-21-23-38-41(42(33)44-37)34-17-7-8-19-36(34)43-38/h1-24H. The van der Waals surface area contributed by atoms with Gasteiger partial charge in [-0.05, 0) is 84.9 Å². The Labute approximate surface area is 252 Å². The number of hydrogen-bond acceptors (Lipinski definition) is 2. The minimum Gasteiger partial charge on any atom is -0.456 e. The van der Waals surface area contributed by atoms with Crippen molar-refractivity contribution >= 4 is 76.2 Å². The Balaban J connectivity index is 1.30. The van der Waals surface area contributed by atoms with E-state index in [2.05, 4.69) is 133 Å². The van der Waals surface area contributed by atoms with Gasteiger partial charge in [0.25, 0.3) is 0 Å². The molecule has 0 aliphatic carbocycles. The summed E-state index contributed by atoms with van der Waals surface area (Å²) in [6.07, 6.45) is 0. The molecule has 0 saturated carbocycles. The summed E-state index contributed by atoms with van der Waals surface area (Å²) in [7, 11) is 0. The molecule has 10 aromatic rings. The van der Waals surface area contributed by atoms with Gasteiger partial charge in [0.1, 0.15) is 22.3 Å². The summed E-state index contributed by atoms with van der Waals surface area (Å²) < 4.78 is 12.7. The number of benzene rings is 8. The molecule has 0 saturated heterocycles. The number of hydrogen-bond donors (Lipinski definition) is 0. The maximum absolute atomic E-state index is 6.56. The van der Waals surface area contributed by atoms with Crippen molar-refractivity contribution in [2.75, 3.05) is 0 Å². The number of fused-ring (bicyclic) bond motifs is 10. The Kier molecular flexibility index (Phi) is 4.75. The fourth-order valence-corrected chi connectivity index (χ4v) is 7.37. The minimum absolute atomic E-state index is 0.846. The molecule has 2 heteroatoms. The monoisotopic (exact) mass is 560 g/mol. The van der Waals surface area contributed by atoms with E-state index in [1.165, 1.54) is 54.6 Å². The van der Waals surface area contributed by atoms with Crippen LogP contribution in [0.3, 0.4) is 0 Å². The predicted octanol–water partition coefficient (Wildman–Crippen LogP) is 12.3. The molecule has 0 aliphatic heterocycles. The van der Waals surface area contributed by atoms with Gasteiger partial charge in [0.05, 0.1) is 5.39 Å². The van der Waals surface area contributed by atoms with Crippen molar-refractivity contribution in [3.8, 4) is 22.3 Å². The molecule has 0 fully saturated rings. The molecule has 2 nitrogen and oxygen atoms in total. The van der Waals surface area contributed by atoms with Crippen molar-refractivity contribution < 1.29 is 8.83 Å². The Hall–Kier alpha value is -5.86. The summed E-state index contributed by atoms with van der Waals surface area (Å²) in [5.41, 5.74) is 8.43. The van der Waals surface area contributed by atoms with E-state index in [1.54, 1.807) is 0 Å². The number of furan rings is 2. The van der Waals surface area contributed by atoms with Crippen LogP contribution in [0, 0.1) is 0 Å². The van der Waals surface area contributed by atoms with Crippen LogP contribution < -0.4 is 0 Å². The van der Waals surface area contributed by atoms with E-state index in [1.807, 2.05) is 12.1 Å². The molecule has 0 atom stereocenters. The summed E-state index contributed by atoms with van der Waals surface area (Å²) >= 11 is 0. The van der Waals surface area contributed by atoms with Crippen molar-refractivity contribution in [2.45, 2.75) is 0 Å². The third-order valence-electron chi connectivity index (χ3n) is 9.26. The van der Waals surface area contributed by atoms with Crippen LogP contribution in [0.4, 0.5) is 0 Å². The second-order valence-corrected chi connectivity index (χ2v) is 11.6. The van der Waals surface area contributed by atoms with E-state index >= 15 is 0 Å². The molecule has 0 bridgehead atoms. The summed E-state index contributed by atoms with van der Waals surface area (Å²) in [5.74, 6) is 0. The lowest BCUT2D eigenvalue weighted by atomic mass is 9.84. The molecule has 8 aromatic carbocycles. The van der Waals surface area contributed by atoms with Gasteiger partial charge >= 0.3 is 0 Å². The highest BCUT2D eigenvalue weighted by Gasteiger charge is 2.20. The molecule has 0 aliphatic rings. The second-order valence-electron chi connectivity index (χ2n) is 11.6. The molecule has 0 N–H and O–H groups in total. The van der Waals surface area contributed by atoms with E-state index < -0.39 is 0 Å². The first-order valence-corrected chi connectivity index (χ1v) is 15.0. The van der Waals surface area contributed by atoms with Gasteiger partial charge in [0.15, 0.2) is 0 Å². The Morgan fingerprint density at radius 3 is 1.70 bits per heavy atom. The molecular weight excluding hydrogens is 536 g/mol. The van der Waals surface area contributed by atoms with Crippen LogP contribution in [-0.4, -0.2) is 0 Å². The van der Waals surface area contributed by atoms with Crippen LogP contribution >= 0.6 is 0 Å². The molecule has 2 aromatic heterocycles. The lowest BCUT2D eigenvalue weighted by Crippen LogP contribution is -1.91. The normalized spacial score (nSPS) is 12.1. The third kappa shape index (κ3) is 3.20. The molecule has 204 valence electrons. The van der Waals surface area contributed by atoms with Crippen molar-refractivity contribution in [2.24, 2.45) is 0 Å². The smallest absolute Gasteiger partial charge is 0.147 e. The Bertz CT molecular complexity index is 2710. The van der Waals surface area contributed by atoms with E-state index in [0.29, 0.717) is 0 Å². The molecule has 2 heterocycles. The molecular formula is C42H24O2. The zero-order chi connectivity index (χ0) is 28.8. The summed E-state index contributed by atoms with van der Waals surface area (Å²) in [6.45, 7) is 0. The van der Waals surface area contributed by atoms with Gasteiger partial charge in [-0.25, -0.2) is 0 Å². The Morgan fingerprint density at radius 1 is 0.341 bits per heavy atom. The number of para-hydroxylation sites is 1. The lowest BCUT2D eigenvalue weighted by molar-refractivity contribution is 0.663. The summed E-state index contributed by atoms with van der Waals surface area (Å²) in [4.78, 5) is 0. The lowest BCUT2D eigenvalue weighted by Gasteiger charge is -2.18. The SMILES string of the molecule is c1ccc2c(-c3c4ccccc4c(-c4ccc5oc6c(ccc7oc8ccccc8c76)c5c4)c4ccccc34)cccc2c1. The predicted molar refractivity (Wildman–Crippen MR) is 184 cm³/mol. The van der Waals surface area contributed by atoms with Gasteiger partial charge in [0, 0.05) is 16.2 Å². The summed E-state index contributed by atoms with van der Waals surface area (Å²) in [6, 6.07) is 52.0. The van der Waals surface area contributed by atoms with Crippen molar-refractivity contribution in [1.29, 1.82) is 0 Å². The first kappa shape index (κ1) is 23.7. The van der Waals surface area contributed by atoms with Gasteiger partial charge in [-0.3, -0.25) is 0 Å². The molecule has 0 unspecified atom stereocenters. The third-order valence-corrected chi connectivity index (χ3v) is 9.26. The molecule has 44 heavy (non-hydrogen) atoms. The van der Waals surface area contributed by atoms with Crippen LogP contribution in [0.25, 0.3) is 98.4 Å². The fourth-order valence-electron chi connectivity index (χ4n) is 7.37. The fraction of sp³-hybridized carbons (Fsp3) is 0. The number of rotatable bonds is 2. The quantitative estimate of drug-likeness (QED) is 0.197. The zero-order valence-corrected chi connectivity index (χ0v) is 23.7. The van der Waals surface area contributed by atoms with Crippen LogP contribution in [0.1, 0.15) is 0 Å². The van der Waals surface area contributed by atoms with Gasteiger partial charge in [-0.15, -0.1) is 0 Å². The highest BCUT2D eigenvalue weighted by Crippen LogP contribution is 2.46. The van der Waals surface area contributed by atoms with Crippen LogP contribution in [0.2, 0.25) is 0 Å². The average molecular weight is 561 g/mol. The van der Waals surface area contributed by atoms with E-state index in [-0.39, 0.29) is 0 Å².